The number of amides is 1. The molecule has 3 heterocycles. The van der Waals surface area contributed by atoms with Crippen LogP contribution in [0.4, 0.5) is 5.95 Å². The zero-order valence-electron chi connectivity index (χ0n) is 14.9. The smallest absolute Gasteiger partial charge is 0.270 e. The molecule has 136 valence electrons. The molecule has 4 rings (SSSR count). The predicted octanol–water partition coefficient (Wildman–Crippen LogP) is 2.08. The first-order valence-electron chi connectivity index (χ1n) is 9.48. The molecule has 1 aromatic heterocycles. The predicted molar refractivity (Wildman–Crippen MR) is 101 cm³/mol. The molecule has 0 spiro atoms. The second-order valence-electron chi connectivity index (χ2n) is 6.96. The summed E-state index contributed by atoms with van der Waals surface area (Å²) in [6.07, 6.45) is 6.29. The summed E-state index contributed by atoms with van der Waals surface area (Å²) in [5.41, 5.74) is 3.07. The van der Waals surface area contributed by atoms with Crippen molar-refractivity contribution in [1.82, 2.24) is 20.6 Å². The van der Waals surface area contributed by atoms with Crippen LogP contribution in [0.25, 0.3) is 0 Å². The molecule has 2 aromatic rings. The molecule has 26 heavy (non-hydrogen) atoms. The fourth-order valence-electron chi connectivity index (χ4n) is 3.78. The fraction of sp³-hybridized carbons (Fsp3) is 0.450. The lowest BCUT2D eigenvalue weighted by Crippen LogP contribution is -2.39. The molecule has 1 amide bonds. The quantitative estimate of drug-likeness (QED) is 0.883. The van der Waals surface area contributed by atoms with E-state index < -0.39 is 0 Å². The van der Waals surface area contributed by atoms with E-state index in [2.05, 4.69) is 49.8 Å². The Morgan fingerprint density at radius 1 is 1.19 bits per heavy atom. The molecule has 1 unspecified atom stereocenters. The highest BCUT2D eigenvalue weighted by Crippen LogP contribution is 2.22. The minimum absolute atomic E-state index is 0.143. The first kappa shape index (κ1) is 17.0. The van der Waals surface area contributed by atoms with Crippen molar-refractivity contribution in [3.8, 4) is 0 Å². The highest BCUT2D eigenvalue weighted by molar-refractivity contribution is 5.92. The lowest BCUT2D eigenvalue weighted by atomic mass is 9.94. The van der Waals surface area contributed by atoms with E-state index in [0.29, 0.717) is 18.2 Å². The van der Waals surface area contributed by atoms with Crippen molar-refractivity contribution in [1.29, 1.82) is 0 Å². The van der Waals surface area contributed by atoms with Gasteiger partial charge in [-0.25, -0.2) is 9.97 Å². The number of benzene rings is 1. The first-order valence-corrected chi connectivity index (χ1v) is 9.48. The second-order valence-corrected chi connectivity index (χ2v) is 6.96. The van der Waals surface area contributed by atoms with Crippen LogP contribution < -0.4 is 15.5 Å². The Hall–Kier alpha value is -2.47. The first-order chi connectivity index (χ1) is 12.8. The Kier molecular flexibility index (Phi) is 5.11. The normalized spacial score (nSPS) is 19.7. The van der Waals surface area contributed by atoms with Crippen LogP contribution in [0, 0.1) is 0 Å². The zero-order chi connectivity index (χ0) is 17.8. The maximum atomic E-state index is 12.6. The summed E-state index contributed by atoms with van der Waals surface area (Å²) in [7, 11) is 0. The molecular weight excluding hydrogens is 326 g/mol. The van der Waals surface area contributed by atoms with Crippen molar-refractivity contribution < 1.29 is 4.79 Å². The SMILES string of the molecule is O=C(NCC1NCCc2ccccc21)c1ccnc(N2CCCCC2)n1. The van der Waals surface area contributed by atoms with Crippen LogP contribution in [0.5, 0.6) is 0 Å². The van der Waals surface area contributed by atoms with E-state index in [1.165, 1.54) is 17.5 Å². The summed E-state index contributed by atoms with van der Waals surface area (Å²) in [6, 6.07) is 10.3. The summed E-state index contributed by atoms with van der Waals surface area (Å²) in [6.45, 7) is 3.42. The Morgan fingerprint density at radius 2 is 2.04 bits per heavy atom. The van der Waals surface area contributed by atoms with E-state index in [9.17, 15) is 4.79 Å². The zero-order valence-corrected chi connectivity index (χ0v) is 14.9. The van der Waals surface area contributed by atoms with Gasteiger partial charge in [-0.05, 0) is 49.4 Å². The molecule has 1 atom stereocenters. The van der Waals surface area contributed by atoms with Crippen LogP contribution in [-0.4, -0.2) is 42.1 Å². The number of nitrogens with one attached hydrogen (secondary N) is 2. The number of hydrogen-bond acceptors (Lipinski definition) is 5. The molecular formula is C20H25N5O. The van der Waals surface area contributed by atoms with Crippen molar-refractivity contribution >= 4 is 11.9 Å². The maximum absolute atomic E-state index is 12.6. The van der Waals surface area contributed by atoms with E-state index in [4.69, 9.17) is 0 Å². The van der Waals surface area contributed by atoms with E-state index in [1.807, 2.05) is 0 Å². The average Bonchev–Trinajstić information content (AvgIpc) is 2.72. The van der Waals surface area contributed by atoms with Gasteiger partial charge in [0.15, 0.2) is 0 Å². The molecule has 2 N–H and O–H groups in total. The van der Waals surface area contributed by atoms with Gasteiger partial charge >= 0.3 is 0 Å². The van der Waals surface area contributed by atoms with Gasteiger partial charge in [0.1, 0.15) is 5.69 Å². The molecule has 0 saturated carbocycles. The topological polar surface area (TPSA) is 70.2 Å². The van der Waals surface area contributed by atoms with Crippen LogP contribution in [0.2, 0.25) is 0 Å². The highest BCUT2D eigenvalue weighted by atomic mass is 16.1. The number of fused-ring (bicyclic) bond motifs is 1. The van der Waals surface area contributed by atoms with Gasteiger partial charge in [-0.3, -0.25) is 4.79 Å². The highest BCUT2D eigenvalue weighted by Gasteiger charge is 2.21. The Bertz CT molecular complexity index is 772. The largest absolute Gasteiger partial charge is 0.349 e. The molecule has 1 fully saturated rings. The Balaban J connectivity index is 1.41. The summed E-state index contributed by atoms with van der Waals surface area (Å²) >= 11 is 0. The van der Waals surface area contributed by atoms with Crippen LogP contribution in [0.15, 0.2) is 36.5 Å². The van der Waals surface area contributed by atoms with Crippen molar-refractivity contribution in [2.45, 2.75) is 31.7 Å². The van der Waals surface area contributed by atoms with E-state index in [1.54, 1.807) is 12.3 Å². The number of carbonyl (C=O) groups is 1. The van der Waals surface area contributed by atoms with Gasteiger partial charge < -0.3 is 15.5 Å². The molecule has 2 aliphatic rings. The van der Waals surface area contributed by atoms with Gasteiger partial charge in [-0.2, -0.15) is 0 Å². The molecule has 1 aromatic carbocycles. The summed E-state index contributed by atoms with van der Waals surface area (Å²) in [4.78, 5) is 23.6. The van der Waals surface area contributed by atoms with Gasteiger partial charge in [0.25, 0.3) is 5.91 Å². The minimum atomic E-state index is -0.143. The number of aromatic nitrogens is 2. The van der Waals surface area contributed by atoms with E-state index in [-0.39, 0.29) is 11.9 Å². The third-order valence-corrected chi connectivity index (χ3v) is 5.20. The van der Waals surface area contributed by atoms with Crippen molar-refractivity contribution in [2.24, 2.45) is 0 Å². The number of carbonyl (C=O) groups excluding carboxylic acids is 1. The maximum Gasteiger partial charge on any atom is 0.270 e. The summed E-state index contributed by atoms with van der Waals surface area (Å²) < 4.78 is 0. The Labute approximate surface area is 154 Å². The molecule has 6 nitrogen and oxygen atoms in total. The number of piperidine rings is 1. The number of anilines is 1. The fourth-order valence-corrected chi connectivity index (χ4v) is 3.78. The van der Waals surface area contributed by atoms with Crippen molar-refractivity contribution in [3.63, 3.8) is 0 Å². The van der Waals surface area contributed by atoms with Crippen LogP contribution in [-0.2, 0) is 6.42 Å². The number of rotatable bonds is 4. The number of hydrogen-bond donors (Lipinski definition) is 2. The molecule has 2 aliphatic heterocycles. The molecule has 1 saturated heterocycles. The van der Waals surface area contributed by atoms with Crippen molar-refractivity contribution in [2.75, 3.05) is 31.1 Å². The third-order valence-electron chi connectivity index (χ3n) is 5.20. The molecule has 0 radical (unpaired) electrons. The average molecular weight is 351 g/mol. The molecule has 0 aliphatic carbocycles. The molecule has 0 bridgehead atoms. The van der Waals surface area contributed by atoms with Gasteiger partial charge in [0, 0.05) is 31.9 Å². The number of nitrogens with zero attached hydrogens (tertiary/aromatic N) is 3. The van der Waals surface area contributed by atoms with E-state index >= 15 is 0 Å². The van der Waals surface area contributed by atoms with E-state index in [0.717, 1.165) is 38.9 Å². The monoisotopic (exact) mass is 351 g/mol. The van der Waals surface area contributed by atoms with Gasteiger partial charge in [0.2, 0.25) is 5.95 Å². The van der Waals surface area contributed by atoms with Gasteiger partial charge in [-0.15, -0.1) is 0 Å². The van der Waals surface area contributed by atoms with Crippen molar-refractivity contribution in [3.05, 3.63) is 53.3 Å². The minimum Gasteiger partial charge on any atom is -0.349 e. The standard InChI is InChI=1S/C20H25N5O/c26-19(17-9-11-22-20(24-17)25-12-4-1-5-13-25)23-14-18-16-7-3-2-6-15(16)8-10-21-18/h2-3,6-7,9,11,18,21H,1,4-5,8,10,12-14H2,(H,23,26). The van der Waals surface area contributed by atoms with Gasteiger partial charge in [0.05, 0.1) is 0 Å². The summed E-state index contributed by atoms with van der Waals surface area (Å²) in [5.74, 6) is 0.522. The second kappa shape index (κ2) is 7.83. The third kappa shape index (κ3) is 3.70. The summed E-state index contributed by atoms with van der Waals surface area (Å²) in [5, 5.41) is 6.52. The van der Waals surface area contributed by atoms with Gasteiger partial charge in [-0.1, -0.05) is 24.3 Å². The molecule has 6 heteroatoms. The lowest BCUT2D eigenvalue weighted by molar-refractivity contribution is 0.0944. The van der Waals surface area contributed by atoms with Crippen LogP contribution >= 0.6 is 0 Å². The lowest BCUT2D eigenvalue weighted by Gasteiger charge is -2.27. The Morgan fingerprint density at radius 3 is 2.92 bits per heavy atom. The van der Waals surface area contributed by atoms with Crippen LogP contribution in [0.1, 0.15) is 46.9 Å². The van der Waals surface area contributed by atoms with Crippen LogP contribution in [0.3, 0.4) is 0 Å².